The second kappa shape index (κ2) is 5.67. The summed E-state index contributed by atoms with van der Waals surface area (Å²) in [6.45, 7) is 1.56. The Kier molecular flexibility index (Phi) is 4.51. The van der Waals surface area contributed by atoms with Gasteiger partial charge in [-0.15, -0.1) is 0 Å². The van der Waals surface area contributed by atoms with Gasteiger partial charge >= 0.3 is 5.97 Å². The molecule has 0 aliphatic carbocycles. The van der Waals surface area contributed by atoms with Crippen molar-refractivity contribution in [1.29, 1.82) is 0 Å². The summed E-state index contributed by atoms with van der Waals surface area (Å²) < 4.78 is 29.5. The standard InChI is InChI=1S/C11H15NO4S/c1-3-17(14,15)12-10-6-4-9(5-7-10)8-11(13)16-2/h4-7,12H,3,8H2,1-2H3. The molecule has 1 aromatic carbocycles. The maximum Gasteiger partial charge on any atom is 0.309 e. The van der Waals surface area contributed by atoms with Gasteiger partial charge in [-0.3, -0.25) is 9.52 Å². The van der Waals surface area contributed by atoms with Crippen molar-refractivity contribution < 1.29 is 17.9 Å². The van der Waals surface area contributed by atoms with Crippen LogP contribution >= 0.6 is 0 Å². The van der Waals surface area contributed by atoms with E-state index in [0.717, 1.165) is 5.56 Å². The van der Waals surface area contributed by atoms with E-state index in [1.165, 1.54) is 7.11 Å². The molecule has 0 aromatic heterocycles. The second-order valence-electron chi connectivity index (χ2n) is 3.46. The molecule has 1 rings (SSSR count). The first kappa shape index (κ1) is 13.5. The highest BCUT2D eigenvalue weighted by Crippen LogP contribution is 2.12. The maximum atomic E-state index is 11.3. The summed E-state index contributed by atoms with van der Waals surface area (Å²) in [4.78, 5) is 11.0. The monoisotopic (exact) mass is 257 g/mol. The van der Waals surface area contributed by atoms with Crippen LogP contribution in [0.15, 0.2) is 24.3 Å². The van der Waals surface area contributed by atoms with Crippen LogP contribution in [0.4, 0.5) is 5.69 Å². The highest BCUT2D eigenvalue weighted by molar-refractivity contribution is 7.92. The molecule has 0 heterocycles. The molecule has 0 radical (unpaired) electrons. The number of esters is 1. The van der Waals surface area contributed by atoms with E-state index in [2.05, 4.69) is 9.46 Å². The van der Waals surface area contributed by atoms with Crippen LogP contribution in [-0.4, -0.2) is 27.2 Å². The van der Waals surface area contributed by atoms with Crippen LogP contribution in [0.2, 0.25) is 0 Å². The van der Waals surface area contributed by atoms with Gasteiger partial charge in [0.2, 0.25) is 10.0 Å². The minimum absolute atomic E-state index is 0.0247. The molecule has 94 valence electrons. The minimum Gasteiger partial charge on any atom is -0.469 e. The number of anilines is 1. The Labute approximate surface area is 101 Å². The first-order valence-corrected chi connectivity index (χ1v) is 6.78. The molecule has 0 unspecified atom stereocenters. The molecule has 0 saturated carbocycles. The fourth-order valence-corrected chi connectivity index (χ4v) is 1.82. The summed E-state index contributed by atoms with van der Waals surface area (Å²) >= 11 is 0. The third-order valence-corrected chi connectivity index (χ3v) is 3.49. The van der Waals surface area contributed by atoms with E-state index in [4.69, 9.17) is 0 Å². The molecule has 0 atom stereocenters. The quantitative estimate of drug-likeness (QED) is 0.803. The number of methoxy groups -OCH3 is 1. The molecule has 17 heavy (non-hydrogen) atoms. The van der Waals surface area contributed by atoms with Gasteiger partial charge in [0.1, 0.15) is 0 Å². The highest BCUT2D eigenvalue weighted by Gasteiger charge is 2.07. The van der Waals surface area contributed by atoms with Gasteiger partial charge in [-0.2, -0.15) is 0 Å². The Balaban J connectivity index is 2.72. The zero-order chi connectivity index (χ0) is 12.9. The van der Waals surface area contributed by atoms with Crippen LogP contribution in [-0.2, 0) is 26.0 Å². The second-order valence-corrected chi connectivity index (χ2v) is 5.47. The molecule has 0 amide bonds. The zero-order valence-electron chi connectivity index (χ0n) is 9.76. The average Bonchev–Trinajstić information content (AvgIpc) is 2.31. The molecule has 0 spiro atoms. The van der Waals surface area contributed by atoms with E-state index in [9.17, 15) is 13.2 Å². The summed E-state index contributed by atoms with van der Waals surface area (Å²) in [6.07, 6.45) is 0.178. The fraction of sp³-hybridized carbons (Fsp3) is 0.364. The van der Waals surface area contributed by atoms with Gasteiger partial charge in [0.25, 0.3) is 0 Å². The number of benzene rings is 1. The van der Waals surface area contributed by atoms with Crippen LogP contribution in [0.25, 0.3) is 0 Å². The lowest BCUT2D eigenvalue weighted by Gasteiger charge is -2.06. The Morgan fingerprint density at radius 3 is 2.35 bits per heavy atom. The first-order valence-electron chi connectivity index (χ1n) is 5.13. The number of rotatable bonds is 5. The molecule has 0 bridgehead atoms. The SMILES string of the molecule is CCS(=O)(=O)Nc1ccc(CC(=O)OC)cc1. The van der Waals surface area contributed by atoms with E-state index in [1.54, 1.807) is 31.2 Å². The third-order valence-electron chi connectivity index (χ3n) is 2.18. The topological polar surface area (TPSA) is 72.5 Å². The molecule has 0 fully saturated rings. The summed E-state index contributed by atoms with van der Waals surface area (Å²) in [7, 11) is -1.93. The van der Waals surface area contributed by atoms with Gasteiger partial charge in [-0.05, 0) is 24.6 Å². The molecular formula is C11H15NO4S. The van der Waals surface area contributed by atoms with Crippen molar-refractivity contribution in [2.24, 2.45) is 0 Å². The van der Waals surface area contributed by atoms with Crippen molar-refractivity contribution in [1.82, 2.24) is 0 Å². The lowest BCUT2D eigenvalue weighted by molar-refractivity contribution is -0.139. The van der Waals surface area contributed by atoms with Crippen molar-refractivity contribution in [3.8, 4) is 0 Å². The summed E-state index contributed by atoms with van der Waals surface area (Å²) in [6, 6.07) is 6.60. The van der Waals surface area contributed by atoms with Crippen LogP contribution in [0.3, 0.4) is 0 Å². The molecule has 6 heteroatoms. The number of nitrogens with one attached hydrogen (secondary N) is 1. The molecule has 1 N–H and O–H groups in total. The Bertz CT molecular complexity index is 479. The Morgan fingerprint density at radius 2 is 1.88 bits per heavy atom. The van der Waals surface area contributed by atoms with Crippen molar-refractivity contribution in [2.45, 2.75) is 13.3 Å². The average molecular weight is 257 g/mol. The maximum absolute atomic E-state index is 11.3. The first-order chi connectivity index (χ1) is 7.96. The highest BCUT2D eigenvalue weighted by atomic mass is 32.2. The number of carbonyl (C=O) groups excluding carboxylic acids is 1. The van der Waals surface area contributed by atoms with Crippen molar-refractivity contribution >= 4 is 21.7 Å². The Morgan fingerprint density at radius 1 is 1.29 bits per heavy atom. The summed E-state index contributed by atoms with van der Waals surface area (Å²) in [5.41, 5.74) is 1.26. The predicted octanol–water partition coefficient (Wildman–Crippen LogP) is 1.16. The molecule has 0 aliphatic heterocycles. The minimum atomic E-state index is -3.25. The molecular weight excluding hydrogens is 242 g/mol. The van der Waals surface area contributed by atoms with Crippen LogP contribution < -0.4 is 4.72 Å². The van der Waals surface area contributed by atoms with Gasteiger partial charge in [0, 0.05) is 5.69 Å². The number of hydrogen-bond acceptors (Lipinski definition) is 4. The van der Waals surface area contributed by atoms with Gasteiger partial charge < -0.3 is 4.74 Å². The van der Waals surface area contributed by atoms with Gasteiger partial charge in [0.05, 0.1) is 19.3 Å². The van der Waals surface area contributed by atoms with E-state index in [-0.39, 0.29) is 18.1 Å². The van der Waals surface area contributed by atoms with Crippen LogP contribution in [0.5, 0.6) is 0 Å². The number of sulfonamides is 1. The number of carbonyl (C=O) groups is 1. The normalized spacial score (nSPS) is 10.9. The van der Waals surface area contributed by atoms with Crippen molar-refractivity contribution in [3.63, 3.8) is 0 Å². The van der Waals surface area contributed by atoms with E-state index >= 15 is 0 Å². The zero-order valence-corrected chi connectivity index (χ0v) is 10.6. The summed E-state index contributed by atoms with van der Waals surface area (Å²) in [5, 5.41) is 0. The van der Waals surface area contributed by atoms with E-state index in [0.29, 0.717) is 5.69 Å². The van der Waals surface area contributed by atoms with E-state index < -0.39 is 10.0 Å². The van der Waals surface area contributed by atoms with Gasteiger partial charge in [-0.1, -0.05) is 12.1 Å². The number of hydrogen-bond donors (Lipinski definition) is 1. The largest absolute Gasteiger partial charge is 0.469 e. The third kappa shape index (κ3) is 4.44. The smallest absolute Gasteiger partial charge is 0.309 e. The van der Waals surface area contributed by atoms with E-state index in [1.807, 2.05) is 0 Å². The van der Waals surface area contributed by atoms with Gasteiger partial charge in [-0.25, -0.2) is 8.42 Å². The van der Waals surface area contributed by atoms with Crippen molar-refractivity contribution in [2.75, 3.05) is 17.6 Å². The number of ether oxygens (including phenoxy) is 1. The lowest BCUT2D eigenvalue weighted by Crippen LogP contribution is -2.14. The van der Waals surface area contributed by atoms with Crippen LogP contribution in [0.1, 0.15) is 12.5 Å². The van der Waals surface area contributed by atoms with Crippen LogP contribution in [0, 0.1) is 0 Å². The predicted molar refractivity (Wildman–Crippen MR) is 65.2 cm³/mol. The lowest BCUT2D eigenvalue weighted by atomic mass is 10.1. The van der Waals surface area contributed by atoms with Gasteiger partial charge in [0.15, 0.2) is 0 Å². The molecule has 0 aliphatic rings. The molecule has 1 aromatic rings. The fourth-order valence-electron chi connectivity index (χ4n) is 1.18. The summed E-state index contributed by atoms with van der Waals surface area (Å²) in [5.74, 6) is -0.302. The Hall–Kier alpha value is -1.56. The molecule has 0 saturated heterocycles. The van der Waals surface area contributed by atoms with Crippen molar-refractivity contribution in [3.05, 3.63) is 29.8 Å². The molecule has 5 nitrogen and oxygen atoms in total.